The first-order chi connectivity index (χ1) is 9.78. The summed E-state index contributed by atoms with van der Waals surface area (Å²) in [5.74, 6) is 1.34. The lowest BCUT2D eigenvalue weighted by atomic mass is 9.89. The number of rotatable bonds is 3. The molecule has 0 saturated heterocycles. The Morgan fingerprint density at radius 1 is 1.35 bits per heavy atom. The Kier molecular flexibility index (Phi) is 3.72. The van der Waals surface area contributed by atoms with E-state index >= 15 is 0 Å². The molecule has 0 unspecified atom stereocenters. The molecule has 1 aliphatic carbocycles. The third-order valence-electron chi connectivity index (χ3n) is 4.00. The van der Waals surface area contributed by atoms with Crippen molar-refractivity contribution in [1.29, 1.82) is 0 Å². The highest BCUT2D eigenvalue weighted by atomic mass is 16.5. The number of hydrogen-bond acceptors (Lipinski definition) is 3. The second kappa shape index (κ2) is 5.65. The number of esters is 1. The molecule has 4 nitrogen and oxygen atoms in total. The summed E-state index contributed by atoms with van der Waals surface area (Å²) in [4.78, 5) is 19.8. The van der Waals surface area contributed by atoms with E-state index in [1.54, 1.807) is 6.07 Å². The highest BCUT2D eigenvalue weighted by Gasteiger charge is 2.19. The van der Waals surface area contributed by atoms with Gasteiger partial charge in [0.25, 0.3) is 0 Å². The minimum atomic E-state index is -0.275. The van der Waals surface area contributed by atoms with Crippen molar-refractivity contribution >= 4 is 17.0 Å². The largest absolute Gasteiger partial charge is 0.462 e. The van der Waals surface area contributed by atoms with Gasteiger partial charge in [-0.05, 0) is 38.0 Å². The lowest BCUT2D eigenvalue weighted by molar-refractivity contribution is 0.0526. The van der Waals surface area contributed by atoms with E-state index in [9.17, 15) is 4.79 Å². The average molecular weight is 272 g/mol. The zero-order valence-corrected chi connectivity index (χ0v) is 11.8. The first-order valence-corrected chi connectivity index (χ1v) is 7.44. The number of fused-ring (bicyclic) bond motifs is 1. The van der Waals surface area contributed by atoms with Gasteiger partial charge in [-0.15, -0.1) is 0 Å². The molecule has 2 aromatic rings. The van der Waals surface area contributed by atoms with E-state index < -0.39 is 0 Å². The van der Waals surface area contributed by atoms with Gasteiger partial charge >= 0.3 is 5.97 Å². The molecule has 1 saturated carbocycles. The maximum absolute atomic E-state index is 11.7. The lowest BCUT2D eigenvalue weighted by Crippen LogP contribution is -2.05. The van der Waals surface area contributed by atoms with Gasteiger partial charge in [-0.25, -0.2) is 9.78 Å². The number of aromatic amines is 1. The Morgan fingerprint density at radius 3 is 2.90 bits per heavy atom. The van der Waals surface area contributed by atoms with Crippen LogP contribution in [0.15, 0.2) is 18.2 Å². The van der Waals surface area contributed by atoms with E-state index in [-0.39, 0.29) is 5.97 Å². The van der Waals surface area contributed by atoms with Crippen molar-refractivity contribution < 1.29 is 9.53 Å². The molecule has 3 rings (SSSR count). The topological polar surface area (TPSA) is 55.0 Å². The molecule has 1 aromatic carbocycles. The Morgan fingerprint density at radius 2 is 2.15 bits per heavy atom. The van der Waals surface area contributed by atoms with Gasteiger partial charge in [0.2, 0.25) is 0 Å². The molecule has 0 amide bonds. The molecule has 1 heterocycles. The molecule has 106 valence electrons. The van der Waals surface area contributed by atoms with E-state index in [0.29, 0.717) is 18.1 Å². The lowest BCUT2D eigenvalue weighted by Gasteiger charge is -2.18. The van der Waals surface area contributed by atoms with Crippen LogP contribution in [0.25, 0.3) is 11.0 Å². The quantitative estimate of drug-likeness (QED) is 0.865. The highest BCUT2D eigenvalue weighted by Crippen LogP contribution is 2.32. The van der Waals surface area contributed by atoms with Crippen LogP contribution in [0, 0.1) is 0 Å². The number of carbonyl (C=O) groups excluding carboxylic acids is 1. The summed E-state index contributed by atoms with van der Waals surface area (Å²) < 4.78 is 5.03. The molecule has 0 aliphatic heterocycles. The van der Waals surface area contributed by atoms with Gasteiger partial charge in [-0.1, -0.05) is 19.3 Å². The molecular formula is C16H20N2O2. The number of nitrogens with zero attached hydrogens (tertiary/aromatic N) is 1. The van der Waals surface area contributed by atoms with E-state index in [1.807, 2.05) is 19.1 Å². The van der Waals surface area contributed by atoms with Gasteiger partial charge in [-0.3, -0.25) is 0 Å². The summed E-state index contributed by atoms with van der Waals surface area (Å²) in [7, 11) is 0. The first kappa shape index (κ1) is 13.2. The predicted molar refractivity (Wildman–Crippen MR) is 77.9 cm³/mol. The van der Waals surface area contributed by atoms with E-state index in [2.05, 4.69) is 9.97 Å². The summed E-state index contributed by atoms with van der Waals surface area (Å²) >= 11 is 0. The number of H-pyrrole nitrogens is 1. The van der Waals surface area contributed by atoms with Crippen molar-refractivity contribution in [1.82, 2.24) is 9.97 Å². The predicted octanol–water partition coefficient (Wildman–Crippen LogP) is 3.79. The van der Waals surface area contributed by atoms with Crippen molar-refractivity contribution in [2.75, 3.05) is 6.61 Å². The summed E-state index contributed by atoms with van der Waals surface area (Å²) in [6, 6.07) is 5.52. The standard InChI is InChI=1S/C16H20N2O2/c1-2-20-16(19)12-8-9-13-14(10-12)18-15(17-13)11-6-4-3-5-7-11/h8-11H,2-7H2,1H3,(H,17,18). The molecule has 1 aromatic heterocycles. The number of aromatic nitrogens is 2. The van der Waals surface area contributed by atoms with Crippen molar-refractivity contribution in [3.05, 3.63) is 29.6 Å². The Bertz CT molecular complexity index is 612. The molecular weight excluding hydrogens is 252 g/mol. The summed E-state index contributed by atoms with van der Waals surface area (Å²) in [6.45, 7) is 2.21. The van der Waals surface area contributed by atoms with Crippen LogP contribution in [-0.4, -0.2) is 22.5 Å². The van der Waals surface area contributed by atoms with Crippen LogP contribution in [0.3, 0.4) is 0 Å². The maximum atomic E-state index is 11.7. The molecule has 0 radical (unpaired) electrons. The summed E-state index contributed by atoms with van der Waals surface area (Å²) in [5.41, 5.74) is 2.44. The van der Waals surface area contributed by atoms with E-state index in [0.717, 1.165) is 16.9 Å². The van der Waals surface area contributed by atoms with Crippen LogP contribution in [0.5, 0.6) is 0 Å². The van der Waals surface area contributed by atoms with Crippen molar-refractivity contribution in [2.45, 2.75) is 44.9 Å². The highest BCUT2D eigenvalue weighted by molar-refractivity contribution is 5.93. The molecule has 0 spiro atoms. The van der Waals surface area contributed by atoms with Gasteiger partial charge < -0.3 is 9.72 Å². The monoisotopic (exact) mass is 272 g/mol. The van der Waals surface area contributed by atoms with Gasteiger partial charge in [-0.2, -0.15) is 0 Å². The van der Waals surface area contributed by atoms with E-state index in [1.165, 1.54) is 32.1 Å². The fraction of sp³-hybridized carbons (Fsp3) is 0.500. The first-order valence-electron chi connectivity index (χ1n) is 7.44. The molecule has 20 heavy (non-hydrogen) atoms. The normalized spacial score (nSPS) is 16.4. The van der Waals surface area contributed by atoms with Crippen LogP contribution in [0.2, 0.25) is 0 Å². The third-order valence-corrected chi connectivity index (χ3v) is 4.00. The van der Waals surface area contributed by atoms with Crippen LogP contribution >= 0.6 is 0 Å². The summed E-state index contributed by atoms with van der Waals surface area (Å²) in [5, 5.41) is 0. The van der Waals surface area contributed by atoms with Crippen molar-refractivity contribution in [3.8, 4) is 0 Å². The zero-order chi connectivity index (χ0) is 13.9. The molecule has 1 aliphatic rings. The van der Waals surface area contributed by atoms with E-state index in [4.69, 9.17) is 4.74 Å². The number of nitrogens with one attached hydrogen (secondary N) is 1. The number of imidazole rings is 1. The van der Waals surface area contributed by atoms with Crippen LogP contribution in [0.4, 0.5) is 0 Å². The van der Waals surface area contributed by atoms with Gasteiger partial charge in [0.05, 0.1) is 23.2 Å². The fourth-order valence-corrected chi connectivity index (χ4v) is 2.94. The van der Waals surface area contributed by atoms with Crippen molar-refractivity contribution in [3.63, 3.8) is 0 Å². The van der Waals surface area contributed by atoms with Gasteiger partial charge in [0, 0.05) is 5.92 Å². The van der Waals surface area contributed by atoms with Gasteiger partial charge in [0.15, 0.2) is 0 Å². The minimum absolute atomic E-state index is 0.275. The number of carbonyl (C=O) groups is 1. The van der Waals surface area contributed by atoms with Gasteiger partial charge in [0.1, 0.15) is 5.82 Å². The second-order valence-corrected chi connectivity index (χ2v) is 5.41. The smallest absolute Gasteiger partial charge is 0.338 e. The maximum Gasteiger partial charge on any atom is 0.338 e. The SMILES string of the molecule is CCOC(=O)c1ccc2nc(C3CCCCC3)[nH]c2c1. The summed E-state index contributed by atoms with van der Waals surface area (Å²) in [6.07, 6.45) is 6.34. The Balaban J connectivity index is 1.88. The molecule has 1 fully saturated rings. The Labute approximate surface area is 118 Å². The molecule has 0 atom stereocenters. The van der Waals surface area contributed by atoms with Crippen LogP contribution in [0.1, 0.15) is 61.1 Å². The average Bonchev–Trinajstić information content (AvgIpc) is 2.91. The van der Waals surface area contributed by atoms with Crippen molar-refractivity contribution in [2.24, 2.45) is 0 Å². The van der Waals surface area contributed by atoms with Crippen LogP contribution < -0.4 is 0 Å². The molecule has 0 bridgehead atoms. The minimum Gasteiger partial charge on any atom is -0.462 e. The molecule has 1 N–H and O–H groups in total. The zero-order valence-electron chi connectivity index (χ0n) is 11.8. The second-order valence-electron chi connectivity index (χ2n) is 5.41. The Hall–Kier alpha value is -1.84. The molecule has 4 heteroatoms. The van der Waals surface area contributed by atoms with Crippen LogP contribution in [-0.2, 0) is 4.74 Å². The fourth-order valence-electron chi connectivity index (χ4n) is 2.94. The number of hydrogen-bond donors (Lipinski definition) is 1. The number of benzene rings is 1. The third kappa shape index (κ3) is 2.55. The number of ether oxygens (including phenoxy) is 1.